The lowest BCUT2D eigenvalue weighted by molar-refractivity contribution is 0.425. The van der Waals surface area contributed by atoms with Crippen molar-refractivity contribution in [3.8, 4) is 17.8 Å². The lowest BCUT2D eigenvalue weighted by atomic mass is 10.2. The molecule has 154 valence electrons. The number of aromatic amines is 1. The number of nitriles is 1. The number of anilines is 2. The van der Waals surface area contributed by atoms with Crippen molar-refractivity contribution >= 4 is 34.8 Å². The summed E-state index contributed by atoms with van der Waals surface area (Å²) in [4.78, 5) is 11.8. The van der Waals surface area contributed by atoms with Gasteiger partial charge >= 0.3 is 0 Å². The third kappa shape index (κ3) is 3.76. The van der Waals surface area contributed by atoms with Gasteiger partial charge in [-0.3, -0.25) is 9.98 Å². The molecule has 0 amide bonds. The van der Waals surface area contributed by atoms with E-state index >= 15 is 0 Å². The fourth-order valence-electron chi connectivity index (χ4n) is 3.17. The average Bonchev–Trinajstić information content (AvgIpc) is 3.37. The summed E-state index contributed by atoms with van der Waals surface area (Å²) < 4.78 is 1.64. The zero-order valence-electron chi connectivity index (χ0n) is 16.0. The van der Waals surface area contributed by atoms with Gasteiger partial charge in [-0.05, 0) is 37.1 Å². The maximum Gasteiger partial charge on any atom is 0.198 e. The van der Waals surface area contributed by atoms with Crippen molar-refractivity contribution in [1.82, 2.24) is 19.6 Å². The summed E-state index contributed by atoms with van der Waals surface area (Å²) in [5.41, 5.74) is 2.66. The van der Waals surface area contributed by atoms with E-state index in [0.717, 1.165) is 12.8 Å². The highest BCUT2D eigenvalue weighted by atomic mass is 35.5. The Balaban J connectivity index is 1.65. The third-order valence-corrected chi connectivity index (χ3v) is 5.14. The molecule has 0 saturated heterocycles. The van der Waals surface area contributed by atoms with E-state index in [1.165, 1.54) is 6.07 Å². The molecule has 4 N–H and O–H groups in total. The van der Waals surface area contributed by atoms with Gasteiger partial charge in [-0.1, -0.05) is 11.6 Å². The van der Waals surface area contributed by atoms with Crippen LogP contribution in [-0.4, -0.2) is 35.8 Å². The van der Waals surface area contributed by atoms with Crippen LogP contribution in [0, 0.1) is 11.3 Å². The number of aromatic nitrogens is 4. The molecule has 4 aromatic rings. The Hall–Kier alpha value is -4.03. The molecule has 3 aromatic heterocycles. The van der Waals surface area contributed by atoms with Crippen LogP contribution in [0.25, 0.3) is 11.7 Å². The predicted molar refractivity (Wildman–Crippen MR) is 114 cm³/mol. The van der Waals surface area contributed by atoms with Crippen LogP contribution in [0.5, 0.6) is 11.8 Å². The van der Waals surface area contributed by atoms with Crippen molar-refractivity contribution in [1.29, 1.82) is 5.26 Å². The molecular weight excluding hydrogens is 418 g/mol. The number of H-pyrrole nitrogens is 1. The summed E-state index contributed by atoms with van der Waals surface area (Å²) >= 11 is 6.15. The number of hydrogen-bond donors (Lipinski definition) is 4. The molecule has 0 radical (unpaired) electrons. The van der Waals surface area contributed by atoms with Crippen molar-refractivity contribution in [2.75, 3.05) is 5.32 Å². The van der Waals surface area contributed by atoms with E-state index in [1.54, 1.807) is 41.1 Å². The number of nitrogens with one attached hydrogen (secondary N) is 2. The van der Waals surface area contributed by atoms with E-state index in [1.807, 2.05) is 6.07 Å². The Morgan fingerprint density at radius 1 is 1.29 bits per heavy atom. The van der Waals surface area contributed by atoms with E-state index in [9.17, 15) is 10.2 Å². The highest BCUT2D eigenvalue weighted by Crippen LogP contribution is 2.24. The van der Waals surface area contributed by atoms with Crippen LogP contribution < -0.4 is 16.0 Å². The van der Waals surface area contributed by atoms with Gasteiger partial charge in [0.25, 0.3) is 0 Å². The van der Waals surface area contributed by atoms with E-state index in [0.29, 0.717) is 44.0 Å². The van der Waals surface area contributed by atoms with Crippen molar-refractivity contribution in [3.05, 3.63) is 63.4 Å². The quantitative estimate of drug-likeness (QED) is 0.390. The van der Waals surface area contributed by atoms with Gasteiger partial charge in [0.15, 0.2) is 22.9 Å². The van der Waals surface area contributed by atoms with Crippen molar-refractivity contribution < 1.29 is 10.2 Å². The van der Waals surface area contributed by atoms with Gasteiger partial charge in [-0.2, -0.15) is 14.9 Å². The molecule has 31 heavy (non-hydrogen) atoms. The Labute approximate surface area is 180 Å². The Morgan fingerprint density at radius 3 is 2.81 bits per heavy atom. The first kappa shape index (κ1) is 19.0. The Kier molecular flexibility index (Phi) is 4.49. The van der Waals surface area contributed by atoms with Crippen LogP contribution in [-0.2, 0) is 0 Å². The molecule has 5 rings (SSSR count). The molecule has 1 aliphatic rings. The van der Waals surface area contributed by atoms with Gasteiger partial charge in [0.1, 0.15) is 11.9 Å². The molecule has 10 heteroatoms. The van der Waals surface area contributed by atoms with Gasteiger partial charge in [-0.15, -0.1) is 0 Å². The molecule has 1 aliphatic carbocycles. The minimum absolute atomic E-state index is 0.141. The van der Waals surface area contributed by atoms with E-state index in [-0.39, 0.29) is 17.8 Å². The SMILES string of the molecule is N#Cc1ccc(Nc2cc(=NC3CC3)n3ncc(=Cc4cc(O)[nH]c4O)c3n2)cc1Cl. The molecule has 0 bridgehead atoms. The molecule has 0 spiro atoms. The molecule has 1 aromatic carbocycles. The second kappa shape index (κ2) is 7.34. The molecule has 9 nitrogen and oxygen atoms in total. The lowest BCUT2D eigenvalue weighted by Gasteiger charge is -2.07. The van der Waals surface area contributed by atoms with E-state index < -0.39 is 0 Å². The van der Waals surface area contributed by atoms with Crippen LogP contribution in [0.3, 0.4) is 0 Å². The minimum atomic E-state index is -0.152. The van der Waals surface area contributed by atoms with E-state index in [2.05, 4.69) is 20.4 Å². The van der Waals surface area contributed by atoms with Gasteiger partial charge in [0.2, 0.25) is 0 Å². The molecule has 1 saturated carbocycles. The third-order valence-electron chi connectivity index (χ3n) is 4.83. The van der Waals surface area contributed by atoms with Gasteiger partial charge in [0, 0.05) is 28.6 Å². The largest absolute Gasteiger partial charge is 0.494 e. The van der Waals surface area contributed by atoms with Crippen LogP contribution in [0.1, 0.15) is 24.0 Å². The molecule has 0 atom stereocenters. The summed E-state index contributed by atoms with van der Waals surface area (Å²) in [5.74, 6) is 0.239. The van der Waals surface area contributed by atoms with Gasteiger partial charge in [-0.25, -0.2) is 4.98 Å². The smallest absolute Gasteiger partial charge is 0.198 e. The summed E-state index contributed by atoms with van der Waals surface area (Å²) in [7, 11) is 0. The van der Waals surface area contributed by atoms with Crippen LogP contribution >= 0.6 is 11.6 Å². The maximum absolute atomic E-state index is 9.94. The van der Waals surface area contributed by atoms with Gasteiger partial charge < -0.3 is 15.5 Å². The van der Waals surface area contributed by atoms with Crippen molar-refractivity contribution in [2.45, 2.75) is 18.9 Å². The topological polar surface area (TPSA) is 135 Å². The Bertz CT molecular complexity index is 1480. The number of halogens is 1. The standard InChI is InChI=1S/C21H16ClN7O2/c22-16-7-15(2-1-11(16)9-23)25-17-8-18(26-14-3-4-14)29-20(27-17)13(10-24-29)5-12-6-19(30)28-21(12)31/h1-2,5-8,10,14,25,28,30-31H,3-4H2. The second-order valence-electron chi connectivity index (χ2n) is 7.23. The summed E-state index contributed by atoms with van der Waals surface area (Å²) in [6, 6.07) is 10.6. The zero-order chi connectivity index (χ0) is 21.5. The normalized spacial score (nSPS) is 14.8. The number of hydrogen-bond acceptors (Lipinski definition) is 7. The number of benzene rings is 1. The number of rotatable bonds is 4. The van der Waals surface area contributed by atoms with Crippen LogP contribution in [0.4, 0.5) is 11.5 Å². The maximum atomic E-state index is 9.94. The summed E-state index contributed by atoms with van der Waals surface area (Å²) in [6.07, 6.45) is 5.37. The summed E-state index contributed by atoms with van der Waals surface area (Å²) in [6.45, 7) is 0. The zero-order valence-corrected chi connectivity index (χ0v) is 16.8. The number of nitrogens with zero attached hydrogens (tertiary/aromatic N) is 5. The fourth-order valence-corrected chi connectivity index (χ4v) is 3.39. The molecule has 0 unspecified atom stereocenters. The highest BCUT2D eigenvalue weighted by Gasteiger charge is 2.20. The predicted octanol–water partition coefficient (Wildman–Crippen LogP) is 2.35. The molecule has 0 aliphatic heterocycles. The highest BCUT2D eigenvalue weighted by molar-refractivity contribution is 6.32. The first-order valence-electron chi connectivity index (χ1n) is 9.52. The van der Waals surface area contributed by atoms with Gasteiger partial charge in [0.05, 0.1) is 22.8 Å². The lowest BCUT2D eigenvalue weighted by Crippen LogP contribution is -2.19. The molecular formula is C21H16ClN7O2. The number of aromatic hydroxyl groups is 2. The first-order chi connectivity index (χ1) is 15.0. The minimum Gasteiger partial charge on any atom is -0.494 e. The van der Waals surface area contributed by atoms with E-state index in [4.69, 9.17) is 21.9 Å². The Morgan fingerprint density at radius 2 is 2.13 bits per heavy atom. The van der Waals surface area contributed by atoms with Crippen LogP contribution in [0.15, 0.2) is 41.5 Å². The van der Waals surface area contributed by atoms with Crippen molar-refractivity contribution in [2.24, 2.45) is 4.99 Å². The second-order valence-corrected chi connectivity index (χ2v) is 7.64. The summed E-state index contributed by atoms with van der Waals surface area (Å²) in [5, 5.41) is 37.2. The average molecular weight is 434 g/mol. The van der Waals surface area contributed by atoms with Crippen molar-refractivity contribution in [3.63, 3.8) is 0 Å². The van der Waals surface area contributed by atoms with Crippen LogP contribution in [0.2, 0.25) is 5.02 Å². The monoisotopic (exact) mass is 433 g/mol. The fraction of sp³-hybridized carbons (Fsp3) is 0.143. The molecule has 3 heterocycles. The first-order valence-corrected chi connectivity index (χ1v) is 9.90. The molecule has 1 fully saturated rings. The number of fused-ring (bicyclic) bond motifs is 1.